The van der Waals surface area contributed by atoms with Crippen LogP contribution in [-0.4, -0.2) is 5.97 Å². The van der Waals surface area contributed by atoms with E-state index in [0.717, 1.165) is 5.56 Å². The second kappa shape index (κ2) is 3.68. The molecule has 0 amide bonds. The molecular formula is C11H7ClO2. The first kappa shape index (κ1) is 9.03. The average molecular weight is 207 g/mol. The fourth-order valence-corrected chi connectivity index (χ4v) is 1.39. The maximum absolute atomic E-state index is 11.1. The first-order chi connectivity index (χ1) is 6.75. The monoisotopic (exact) mass is 206 g/mol. The predicted molar refractivity (Wildman–Crippen MR) is 54.7 cm³/mol. The van der Waals surface area contributed by atoms with Gasteiger partial charge in [0.15, 0.2) is 0 Å². The standard InChI is InChI=1S/C11H7ClO2/c12-10-3-1-2-8(7-10)6-9-4-5-14-11(9)13/h1-7H/b9-6+. The summed E-state index contributed by atoms with van der Waals surface area (Å²) in [5.41, 5.74) is 1.42. The number of halogens is 1. The van der Waals surface area contributed by atoms with Crippen molar-refractivity contribution in [2.24, 2.45) is 0 Å². The van der Waals surface area contributed by atoms with Gasteiger partial charge in [0, 0.05) is 5.02 Å². The number of hydrogen-bond acceptors (Lipinski definition) is 2. The van der Waals surface area contributed by atoms with Crippen LogP contribution in [0.5, 0.6) is 0 Å². The Hall–Kier alpha value is -1.54. The molecule has 0 saturated carbocycles. The molecule has 2 rings (SSSR count). The lowest BCUT2D eigenvalue weighted by molar-refractivity contribution is -0.131. The van der Waals surface area contributed by atoms with E-state index in [9.17, 15) is 4.79 Å². The summed E-state index contributed by atoms with van der Waals surface area (Å²) in [7, 11) is 0. The van der Waals surface area contributed by atoms with E-state index in [-0.39, 0.29) is 5.97 Å². The fraction of sp³-hybridized carbons (Fsp3) is 0. The Labute approximate surface area is 86.4 Å². The van der Waals surface area contributed by atoms with Crippen molar-refractivity contribution in [1.29, 1.82) is 0 Å². The van der Waals surface area contributed by atoms with E-state index in [1.807, 2.05) is 12.1 Å². The zero-order chi connectivity index (χ0) is 9.97. The highest BCUT2D eigenvalue weighted by Crippen LogP contribution is 2.17. The summed E-state index contributed by atoms with van der Waals surface area (Å²) in [4.78, 5) is 11.1. The molecule has 3 heteroatoms. The lowest BCUT2D eigenvalue weighted by Crippen LogP contribution is -1.94. The third-order valence-corrected chi connectivity index (χ3v) is 2.06. The van der Waals surface area contributed by atoms with Gasteiger partial charge in [0.05, 0.1) is 11.8 Å². The van der Waals surface area contributed by atoms with Gasteiger partial charge in [-0.1, -0.05) is 23.7 Å². The third-order valence-electron chi connectivity index (χ3n) is 1.83. The van der Waals surface area contributed by atoms with Crippen molar-refractivity contribution in [3.05, 3.63) is 52.8 Å². The van der Waals surface area contributed by atoms with E-state index in [1.165, 1.54) is 6.26 Å². The molecule has 0 atom stereocenters. The summed E-state index contributed by atoms with van der Waals surface area (Å²) in [5, 5.41) is 0.648. The molecule has 0 aromatic heterocycles. The smallest absolute Gasteiger partial charge is 0.343 e. The molecule has 1 aliphatic heterocycles. The molecule has 0 saturated heterocycles. The number of hydrogen-bond donors (Lipinski definition) is 0. The Bertz CT molecular complexity index is 433. The van der Waals surface area contributed by atoms with Crippen molar-refractivity contribution in [1.82, 2.24) is 0 Å². The molecule has 0 radical (unpaired) electrons. The maximum Gasteiger partial charge on any atom is 0.343 e. The summed E-state index contributed by atoms with van der Waals surface area (Å²) < 4.78 is 4.65. The van der Waals surface area contributed by atoms with Gasteiger partial charge in [-0.25, -0.2) is 4.79 Å². The Balaban J connectivity index is 2.33. The van der Waals surface area contributed by atoms with Gasteiger partial charge in [0.1, 0.15) is 0 Å². The lowest BCUT2D eigenvalue weighted by atomic mass is 10.1. The van der Waals surface area contributed by atoms with Crippen molar-refractivity contribution >= 4 is 23.6 Å². The average Bonchev–Trinajstić information content (AvgIpc) is 2.52. The summed E-state index contributed by atoms with van der Waals surface area (Å²) >= 11 is 5.80. The van der Waals surface area contributed by atoms with E-state index in [4.69, 9.17) is 11.6 Å². The zero-order valence-corrected chi connectivity index (χ0v) is 7.99. The molecule has 0 aliphatic carbocycles. The normalized spacial score (nSPS) is 17.5. The molecule has 1 aliphatic rings. The van der Waals surface area contributed by atoms with Gasteiger partial charge in [-0.2, -0.15) is 0 Å². The van der Waals surface area contributed by atoms with Crippen LogP contribution in [0.15, 0.2) is 42.2 Å². The van der Waals surface area contributed by atoms with Crippen LogP contribution < -0.4 is 0 Å². The first-order valence-electron chi connectivity index (χ1n) is 4.10. The number of cyclic esters (lactones) is 1. The molecular weight excluding hydrogens is 200 g/mol. The zero-order valence-electron chi connectivity index (χ0n) is 7.24. The molecule has 0 unspecified atom stereocenters. The quantitative estimate of drug-likeness (QED) is 0.522. The van der Waals surface area contributed by atoms with Gasteiger partial charge in [0.2, 0.25) is 0 Å². The van der Waals surface area contributed by atoms with E-state index >= 15 is 0 Å². The van der Waals surface area contributed by atoms with Crippen LogP contribution in [0.2, 0.25) is 5.02 Å². The van der Waals surface area contributed by atoms with Gasteiger partial charge in [-0.3, -0.25) is 0 Å². The number of carbonyl (C=O) groups excluding carboxylic acids is 1. The highest BCUT2D eigenvalue weighted by Gasteiger charge is 2.12. The molecule has 1 aromatic rings. The minimum Gasteiger partial charge on any atom is -0.431 e. The Morgan fingerprint density at radius 3 is 2.86 bits per heavy atom. The second-order valence-corrected chi connectivity index (χ2v) is 3.30. The van der Waals surface area contributed by atoms with Gasteiger partial charge >= 0.3 is 5.97 Å². The largest absolute Gasteiger partial charge is 0.431 e. The van der Waals surface area contributed by atoms with Crippen LogP contribution in [0.4, 0.5) is 0 Å². The van der Waals surface area contributed by atoms with Crippen molar-refractivity contribution in [3.63, 3.8) is 0 Å². The number of benzene rings is 1. The van der Waals surface area contributed by atoms with Crippen LogP contribution in [-0.2, 0) is 9.53 Å². The lowest BCUT2D eigenvalue weighted by Gasteiger charge is -1.95. The first-order valence-corrected chi connectivity index (χ1v) is 4.48. The van der Waals surface area contributed by atoms with Crippen LogP contribution in [0.25, 0.3) is 6.08 Å². The van der Waals surface area contributed by atoms with Crippen molar-refractivity contribution in [2.45, 2.75) is 0 Å². The summed E-state index contributed by atoms with van der Waals surface area (Å²) in [5.74, 6) is -0.329. The summed E-state index contributed by atoms with van der Waals surface area (Å²) in [6.45, 7) is 0. The number of ether oxygens (including phenoxy) is 1. The number of carbonyl (C=O) groups is 1. The molecule has 1 aromatic carbocycles. The van der Waals surface area contributed by atoms with Crippen LogP contribution in [0, 0.1) is 0 Å². The maximum atomic E-state index is 11.1. The Morgan fingerprint density at radius 1 is 1.36 bits per heavy atom. The molecule has 70 valence electrons. The Kier molecular flexibility index (Phi) is 2.37. The van der Waals surface area contributed by atoms with Crippen molar-refractivity contribution in [2.75, 3.05) is 0 Å². The van der Waals surface area contributed by atoms with E-state index < -0.39 is 0 Å². The van der Waals surface area contributed by atoms with Crippen molar-refractivity contribution < 1.29 is 9.53 Å². The van der Waals surface area contributed by atoms with E-state index in [2.05, 4.69) is 4.74 Å². The highest BCUT2D eigenvalue weighted by atomic mass is 35.5. The third kappa shape index (κ3) is 1.86. The Morgan fingerprint density at radius 2 is 2.21 bits per heavy atom. The molecule has 1 heterocycles. The molecule has 0 spiro atoms. The van der Waals surface area contributed by atoms with Crippen LogP contribution in [0.3, 0.4) is 0 Å². The number of esters is 1. The predicted octanol–water partition coefficient (Wildman–Crippen LogP) is 2.79. The fourth-order valence-electron chi connectivity index (χ4n) is 1.19. The summed E-state index contributed by atoms with van der Waals surface area (Å²) in [6.07, 6.45) is 4.74. The van der Waals surface area contributed by atoms with Gasteiger partial charge in [0.25, 0.3) is 0 Å². The second-order valence-electron chi connectivity index (χ2n) is 2.86. The topological polar surface area (TPSA) is 26.3 Å². The number of rotatable bonds is 1. The SMILES string of the molecule is O=C1OC=C/C1=C\c1cccc(Cl)c1. The van der Waals surface area contributed by atoms with E-state index in [1.54, 1.807) is 24.3 Å². The van der Waals surface area contributed by atoms with Crippen LogP contribution in [0.1, 0.15) is 5.56 Å². The summed E-state index contributed by atoms with van der Waals surface area (Å²) in [6, 6.07) is 7.28. The molecule has 0 bridgehead atoms. The minimum atomic E-state index is -0.329. The molecule has 0 fully saturated rings. The van der Waals surface area contributed by atoms with Crippen LogP contribution >= 0.6 is 11.6 Å². The van der Waals surface area contributed by atoms with E-state index in [0.29, 0.717) is 10.6 Å². The molecule has 14 heavy (non-hydrogen) atoms. The van der Waals surface area contributed by atoms with Gasteiger partial charge in [-0.15, -0.1) is 0 Å². The van der Waals surface area contributed by atoms with Gasteiger partial charge in [-0.05, 0) is 29.8 Å². The minimum absolute atomic E-state index is 0.329. The molecule has 2 nitrogen and oxygen atoms in total. The van der Waals surface area contributed by atoms with Crippen molar-refractivity contribution in [3.8, 4) is 0 Å². The highest BCUT2D eigenvalue weighted by molar-refractivity contribution is 6.30. The molecule has 0 N–H and O–H groups in total. The van der Waals surface area contributed by atoms with Gasteiger partial charge < -0.3 is 4.74 Å².